The van der Waals surface area contributed by atoms with Crippen molar-refractivity contribution in [3.8, 4) is 0 Å². The number of oxazole rings is 1. The van der Waals surface area contributed by atoms with Gasteiger partial charge in [0.2, 0.25) is 5.89 Å². The summed E-state index contributed by atoms with van der Waals surface area (Å²) in [5, 5.41) is 3.80. The summed E-state index contributed by atoms with van der Waals surface area (Å²) >= 11 is 6.04. The van der Waals surface area contributed by atoms with Crippen LogP contribution < -0.4 is 11.1 Å². The Kier molecular flexibility index (Phi) is 4.79. The van der Waals surface area contributed by atoms with Crippen LogP contribution in [0.3, 0.4) is 0 Å². The number of anilines is 1. The molecule has 3 N–H and O–H groups in total. The molecule has 0 bridgehead atoms. The molecule has 1 fully saturated rings. The van der Waals surface area contributed by atoms with E-state index in [0.717, 1.165) is 13.0 Å². The van der Waals surface area contributed by atoms with Crippen LogP contribution in [0.25, 0.3) is 11.1 Å². The first kappa shape index (κ1) is 17.8. The monoisotopic (exact) mass is 366 g/mol. The number of nitrogens with two attached hydrogens (primary N) is 1. The zero-order chi connectivity index (χ0) is 18.2. The first-order valence-electron chi connectivity index (χ1n) is 8.30. The van der Waals surface area contributed by atoms with Crippen LogP contribution >= 0.6 is 11.6 Å². The maximum Gasteiger partial charge on any atom is 0.411 e. The van der Waals surface area contributed by atoms with Crippen LogP contribution in [0.15, 0.2) is 16.5 Å². The molecule has 0 saturated carbocycles. The van der Waals surface area contributed by atoms with E-state index in [2.05, 4.69) is 10.3 Å². The van der Waals surface area contributed by atoms with Gasteiger partial charge in [0.05, 0.1) is 5.69 Å². The summed E-state index contributed by atoms with van der Waals surface area (Å²) in [6.45, 7) is 7.43. The summed E-state index contributed by atoms with van der Waals surface area (Å²) in [5.74, 6) is 0.421. The van der Waals surface area contributed by atoms with E-state index >= 15 is 0 Å². The number of carbonyl (C=O) groups excluding carboxylic acids is 1. The van der Waals surface area contributed by atoms with E-state index in [1.54, 1.807) is 17.0 Å². The molecule has 1 saturated heterocycles. The summed E-state index contributed by atoms with van der Waals surface area (Å²) in [5.41, 5.74) is 6.88. The van der Waals surface area contributed by atoms with Gasteiger partial charge in [-0.15, -0.1) is 0 Å². The van der Waals surface area contributed by atoms with E-state index in [1.807, 2.05) is 20.8 Å². The number of hydrogen-bond donors (Lipinski definition) is 2. The van der Waals surface area contributed by atoms with Crippen molar-refractivity contribution in [2.24, 2.45) is 0 Å². The van der Waals surface area contributed by atoms with Gasteiger partial charge in [0.25, 0.3) is 0 Å². The highest BCUT2D eigenvalue weighted by molar-refractivity contribution is 6.31. The fourth-order valence-corrected chi connectivity index (χ4v) is 3.04. The highest BCUT2D eigenvalue weighted by Crippen LogP contribution is 2.31. The van der Waals surface area contributed by atoms with Crippen LogP contribution in [0.5, 0.6) is 0 Å². The minimum atomic E-state index is -0.569. The molecule has 25 heavy (non-hydrogen) atoms. The highest BCUT2D eigenvalue weighted by Gasteiger charge is 2.33. The smallest absolute Gasteiger partial charge is 0.411 e. The van der Waals surface area contributed by atoms with Gasteiger partial charge >= 0.3 is 6.09 Å². The molecule has 2 aromatic rings. The van der Waals surface area contributed by atoms with Crippen LogP contribution in [0.4, 0.5) is 10.5 Å². The molecule has 1 amide bonds. The van der Waals surface area contributed by atoms with E-state index < -0.39 is 5.60 Å². The topological polar surface area (TPSA) is 93.6 Å². The Hall–Kier alpha value is -1.99. The van der Waals surface area contributed by atoms with Crippen molar-refractivity contribution >= 4 is 34.5 Å². The van der Waals surface area contributed by atoms with Gasteiger partial charge in [-0.2, -0.15) is 0 Å². The SMILES string of the molecule is CC(C)(C)OC(=O)N1CCCNCC1c1nc2cc(Cl)cc(N)c2o1. The highest BCUT2D eigenvalue weighted by atomic mass is 35.5. The Morgan fingerprint density at radius 1 is 1.48 bits per heavy atom. The van der Waals surface area contributed by atoms with Crippen molar-refractivity contribution in [3.05, 3.63) is 23.0 Å². The van der Waals surface area contributed by atoms with Gasteiger partial charge in [0.15, 0.2) is 5.58 Å². The summed E-state index contributed by atoms with van der Waals surface area (Å²) < 4.78 is 11.4. The van der Waals surface area contributed by atoms with Gasteiger partial charge in [0, 0.05) is 18.1 Å². The summed E-state index contributed by atoms with van der Waals surface area (Å²) in [6, 6.07) is 2.95. The Bertz CT molecular complexity index is 784. The number of amides is 1. The number of nitrogens with one attached hydrogen (secondary N) is 1. The van der Waals surface area contributed by atoms with Crippen molar-refractivity contribution in [1.29, 1.82) is 0 Å². The molecule has 1 aromatic carbocycles. The Labute approximate surface area is 151 Å². The quantitative estimate of drug-likeness (QED) is 0.752. The Balaban J connectivity index is 1.96. The molecule has 0 aliphatic carbocycles. The number of fused-ring (bicyclic) bond motifs is 1. The van der Waals surface area contributed by atoms with Crippen LogP contribution in [0, 0.1) is 0 Å². The van der Waals surface area contributed by atoms with Crippen LogP contribution in [0.1, 0.15) is 39.1 Å². The molecule has 7 nitrogen and oxygen atoms in total. The molecule has 2 heterocycles. The maximum atomic E-state index is 12.6. The average Bonchev–Trinajstić information content (AvgIpc) is 2.75. The van der Waals surface area contributed by atoms with E-state index in [0.29, 0.717) is 40.8 Å². The van der Waals surface area contributed by atoms with Gasteiger partial charge in [-0.3, -0.25) is 4.90 Å². The van der Waals surface area contributed by atoms with E-state index in [1.165, 1.54) is 0 Å². The molecular weight excluding hydrogens is 344 g/mol. The minimum absolute atomic E-state index is 0.372. The number of nitrogen functional groups attached to an aromatic ring is 1. The average molecular weight is 367 g/mol. The fourth-order valence-electron chi connectivity index (χ4n) is 2.82. The van der Waals surface area contributed by atoms with Gasteiger partial charge in [-0.05, 0) is 45.9 Å². The lowest BCUT2D eigenvalue weighted by Gasteiger charge is -2.30. The van der Waals surface area contributed by atoms with Crippen molar-refractivity contribution in [2.75, 3.05) is 25.4 Å². The molecule has 8 heteroatoms. The zero-order valence-electron chi connectivity index (χ0n) is 14.6. The van der Waals surface area contributed by atoms with Crippen molar-refractivity contribution < 1.29 is 13.9 Å². The number of rotatable bonds is 1. The lowest BCUT2D eigenvalue weighted by molar-refractivity contribution is 0.0150. The molecular formula is C17H23ClN4O3. The molecule has 0 radical (unpaired) electrons. The predicted octanol–water partition coefficient (Wildman–Crippen LogP) is 3.33. The van der Waals surface area contributed by atoms with Gasteiger partial charge in [0.1, 0.15) is 17.2 Å². The second kappa shape index (κ2) is 6.72. The third kappa shape index (κ3) is 3.99. The van der Waals surface area contributed by atoms with Gasteiger partial charge in [-0.25, -0.2) is 9.78 Å². The number of nitrogens with zero attached hydrogens (tertiary/aromatic N) is 2. The molecule has 1 unspecified atom stereocenters. The van der Waals surface area contributed by atoms with Crippen LogP contribution in [0.2, 0.25) is 5.02 Å². The minimum Gasteiger partial charge on any atom is -0.444 e. The standard InChI is InChI=1S/C17H23ClN4O3/c1-17(2,3)25-16(23)22-6-4-5-20-9-13(22)15-21-12-8-10(18)7-11(19)14(12)24-15/h7-8,13,20H,4-6,9,19H2,1-3H3. The second-order valence-corrected chi connectivity index (χ2v) is 7.58. The normalized spacial score (nSPS) is 19.0. The van der Waals surface area contributed by atoms with Crippen molar-refractivity contribution in [3.63, 3.8) is 0 Å². The maximum absolute atomic E-state index is 12.6. The first-order valence-corrected chi connectivity index (χ1v) is 8.68. The third-order valence-electron chi connectivity index (χ3n) is 3.88. The van der Waals surface area contributed by atoms with Crippen LogP contribution in [-0.4, -0.2) is 41.2 Å². The number of aromatic nitrogens is 1. The lowest BCUT2D eigenvalue weighted by Crippen LogP contribution is -2.41. The number of carbonyl (C=O) groups is 1. The third-order valence-corrected chi connectivity index (χ3v) is 4.10. The first-order chi connectivity index (χ1) is 11.7. The molecule has 1 aliphatic rings. The summed E-state index contributed by atoms with van der Waals surface area (Å²) in [7, 11) is 0. The van der Waals surface area contributed by atoms with Gasteiger partial charge < -0.3 is 20.2 Å². The van der Waals surface area contributed by atoms with Gasteiger partial charge in [-0.1, -0.05) is 11.6 Å². The molecule has 3 rings (SSSR count). The Morgan fingerprint density at radius 3 is 2.96 bits per heavy atom. The predicted molar refractivity (Wildman–Crippen MR) is 96.6 cm³/mol. The number of hydrogen-bond acceptors (Lipinski definition) is 6. The molecule has 1 aliphatic heterocycles. The van der Waals surface area contributed by atoms with E-state index in [-0.39, 0.29) is 12.1 Å². The molecule has 1 aromatic heterocycles. The number of ether oxygens (including phenoxy) is 1. The second-order valence-electron chi connectivity index (χ2n) is 7.14. The number of benzene rings is 1. The van der Waals surface area contributed by atoms with E-state index in [4.69, 9.17) is 26.5 Å². The molecule has 1 atom stereocenters. The largest absolute Gasteiger partial charge is 0.444 e. The zero-order valence-corrected chi connectivity index (χ0v) is 15.4. The fraction of sp³-hybridized carbons (Fsp3) is 0.529. The summed E-state index contributed by atoms with van der Waals surface area (Å²) in [6.07, 6.45) is 0.443. The van der Waals surface area contributed by atoms with Crippen molar-refractivity contribution in [1.82, 2.24) is 15.2 Å². The molecule has 136 valence electrons. The summed E-state index contributed by atoms with van der Waals surface area (Å²) in [4.78, 5) is 18.8. The number of halogens is 1. The van der Waals surface area contributed by atoms with Crippen LogP contribution in [-0.2, 0) is 4.74 Å². The van der Waals surface area contributed by atoms with Crippen molar-refractivity contribution in [2.45, 2.75) is 38.8 Å². The Morgan fingerprint density at radius 2 is 2.24 bits per heavy atom. The molecule has 0 spiro atoms. The van der Waals surface area contributed by atoms with E-state index in [9.17, 15) is 4.79 Å². The lowest BCUT2D eigenvalue weighted by atomic mass is 10.2.